The number of benzene rings is 1. The molecular formula is C14H21FN2O2. The molecule has 0 amide bonds. The third kappa shape index (κ3) is 4.45. The molecule has 1 unspecified atom stereocenters. The molecule has 0 saturated carbocycles. The molecule has 1 fully saturated rings. The van der Waals surface area contributed by atoms with Crippen molar-refractivity contribution in [1.29, 1.82) is 0 Å². The molecule has 0 bridgehead atoms. The molecule has 0 aliphatic carbocycles. The second kappa shape index (κ2) is 7.43. The van der Waals surface area contributed by atoms with Gasteiger partial charge in [-0.2, -0.15) is 0 Å². The molecule has 2 N–H and O–H groups in total. The molecule has 1 aromatic carbocycles. The van der Waals surface area contributed by atoms with Gasteiger partial charge >= 0.3 is 0 Å². The lowest BCUT2D eigenvalue weighted by molar-refractivity contribution is 0.0742. The van der Waals surface area contributed by atoms with Crippen molar-refractivity contribution >= 4 is 0 Å². The average Bonchev–Trinajstić information content (AvgIpc) is 2.45. The maximum atomic E-state index is 13.2. The predicted octanol–water partition coefficient (Wildman–Crippen LogP) is 1.30. The summed E-state index contributed by atoms with van der Waals surface area (Å²) in [5.41, 5.74) is 0.843. The zero-order chi connectivity index (χ0) is 13.5. The van der Waals surface area contributed by atoms with Crippen LogP contribution in [0.1, 0.15) is 12.0 Å². The number of methoxy groups -OCH3 is 1. The van der Waals surface area contributed by atoms with E-state index in [9.17, 15) is 4.39 Å². The molecule has 1 aliphatic heterocycles. The van der Waals surface area contributed by atoms with Crippen molar-refractivity contribution in [2.24, 2.45) is 0 Å². The Balaban J connectivity index is 1.74. The van der Waals surface area contributed by atoms with Gasteiger partial charge in [0.15, 0.2) is 0 Å². The van der Waals surface area contributed by atoms with E-state index in [2.05, 4.69) is 10.6 Å². The van der Waals surface area contributed by atoms with Gasteiger partial charge in [0.1, 0.15) is 11.6 Å². The third-order valence-electron chi connectivity index (χ3n) is 3.23. The molecule has 1 heterocycles. The van der Waals surface area contributed by atoms with Crippen molar-refractivity contribution in [3.8, 4) is 5.75 Å². The molecule has 0 radical (unpaired) electrons. The highest BCUT2D eigenvalue weighted by atomic mass is 19.1. The Hall–Kier alpha value is -1.17. The van der Waals surface area contributed by atoms with Crippen LogP contribution in [0.2, 0.25) is 0 Å². The minimum atomic E-state index is -0.236. The van der Waals surface area contributed by atoms with E-state index in [1.54, 1.807) is 13.2 Å². The first-order valence-electron chi connectivity index (χ1n) is 6.64. The van der Waals surface area contributed by atoms with Gasteiger partial charge in [0.05, 0.1) is 20.3 Å². The number of ether oxygens (including phenoxy) is 2. The Kier molecular flexibility index (Phi) is 5.57. The lowest BCUT2D eigenvalue weighted by Gasteiger charge is -2.23. The highest BCUT2D eigenvalue weighted by Crippen LogP contribution is 2.18. The number of nitrogens with one attached hydrogen (secondary N) is 2. The molecule has 1 aromatic rings. The van der Waals surface area contributed by atoms with Crippen LogP contribution in [0.25, 0.3) is 0 Å². The van der Waals surface area contributed by atoms with Gasteiger partial charge < -0.3 is 20.1 Å². The van der Waals surface area contributed by atoms with E-state index in [1.165, 1.54) is 12.1 Å². The maximum absolute atomic E-state index is 13.2. The smallest absolute Gasteiger partial charge is 0.123 e. The monoisotopic (exact) mass is 268 g/mol. The number of morpholine rings is 1. The minimum absolute atomic E-state index is 0.236. The topological polar surface area (TPSA) is 42.5 Å². The molecule has 1 aliphatic rings. The lowest BCUT2D eigenvalue weighted by atomic mass is 10.1. The summed E-state index contributed by atoms with van der Waals surface area (Å²) in [6, 6.07) is 4.98. The first kappa shape index (κ1) is 14.2. The first-order chi connectivity index (χ1) is 9.29. The van der Waals surface area contributed by atoms with E-state index in [1.807, 2.05) is 0 Å². The Morgan fingerprint density at radius 1 is 1.53 bits per heavy atom. The van der Waals surface area contributed by atoms with Crippen LogP contribution in [0.5, 0.6) is 5.75 Å². The lowest BCUT2D eigenvalue weighted by Crippen LogP contribution is -2.42. The van der Waals surface area contributed by atoms with Crippen LogP contribution in [0.3, 0.4) is 0 Å². The van der Waals surface area contributed by atoms with Crippen molar-refractivity contribution in [2.45, 2.75) is 19.0 Å². The number of hydrogen-bond donors (Lipinski definition) is 2. The van der Waals surface area contributed by atoms with Crippen molar-refractivity contribution in [3.63, 3.8) is 0 Å². The van der Waals surface area contributed by atoms with E-state index < -0.39 is 0 Å². The Bertz CT molecular complexity index is 395. The quantitative estimate of drug-likeness (QED) is 0.763. The standard InChI is InChI=1S/C14H21FN2O2/c1-18-14-3-2-12(15)8-11(14)9-16-5-4-13-10-19-7-6-17-13/h2-3,8,13,16-17H,4-7,9-10H2,1H3. The van der Waals surface area contributed by atoms with Gasteiger partial charge in [-0.25, -0.2) is 4.39 Å². The van der Waals surface area contributed by atoms with Crippen molar-refractivity contribution in [1.82, 2.24) is 10.6 Å². The summed E-state index contributed by atoms with van der Waals surface area (Å²) in [6.07, 6.45) is 0.998. The van der Waals surface area contributed by atoms with Crippen molar-refractivity contribution < 1.29 is 13.9 Å². The molecule has 19 heavy (non-hydrogen) atoms. The number of rotatable bonds is 6. The highest BCUT2D eigenvalue weighted by molar-refractivity contribution is 5.33. The fraction of sp³-hybridized carbons (Fsp3) is 0.571. The van der Waals surface area contributed by atoms with Gasteiger partial charge in [-0.1, -0.05) is 0 Å². The average molecular weight is 268 g/mol. The van der Waals surface area contributed by atoms with Gasteiger partial charge in [-0.3, -0.25) is 0 Å². The van der Waals surface area contributed by atoms with Crippen LogP contribution in [0, 0.1) is 5.82 Å². The zero-order valence-corrected chi connectivity index (χ0v) is 11.2. The molecule has 4 nitrogen and oxygen atoms in total. The van der Waals surface area contributed by atoms with Crippen LogP contribution in [0.4, 0.5) is 4.39 Å². The molecule has 1 atom stereocenters. The van der Waals surface area contributed by atoms with Gasteiger partial charge in [-0.05, 0) is 31.2 Å². The Morgan fingerprint density at radius 2 is 2.42 bits per heavy atom. The maximum Gasteiger partial charge on any atom is 0.123 e. The molecule has 2 rings (SSSR count). The molecular weight excluding hydrogens is 247 g/mol. The Labute approximate surface area is 113 Å². The highest BCUT2D eigenvalue weighted by Gasteiger charge is 2.12. The molecule has 0 aromatic heterocycles. The van der Waals surface area contributed by atoms with E-state index in [0.717, 1.165) is 38.3 Å². The van der Waals surface area contributed by atoms with Crippen LogP contribution in [-0.4, -0.2) is 39.5 Å². The largest absolute Gasteiger partial charge is 0.496 e. The van der Waals surface area contributed by atoms with Crippen molar-refractivity contribution in [3.05, 3.63) is 29.6 Å². The van der Waals surface area contributed by atoms with E-state index in [0.29, 0.717) is 18.3 Å². The summed E-state index contributed by atoms with van der Waals surface area (Å²) in [5.74, 6) is 0.480. The van der Waals surface area contributed by atoms with Gasteiger partial charge in [0, 0.05) is 24.7 Å². The first-order valence-corrected chi connectivity index (χ1v) is 6.64. The van der Waals surface area contributed by atoms with Crippen LogP contribution in [-0.2, 0) is 11.3 Å². The van der Waals surface area contributed by atoms with Gasteiger partial charge in [0.25, 0.3) is 0 Å². The fourth-order valence-corrected chi connectivity index (χ4v) is 2.19. The summed E-state index contributed by atoms with van der Waals surface area (Å²) >= 11 is 0. The van der Waals surface area contributed by atoms with E-state index in [-0.39, 0.29) is 5.82 Å². The summed E-state index contributed by atoms with van der Waals surface area (Å²) in [6.45, 7) is 3.95. The molecule has 106 valence electrons. The summed E-state index contributed by atoms with van der Waals surface area (Å²) < 4.78 is 23.8. The van der Waals surface area contributed by atoms with Gasteiger partial charge in [0.2, 0.25) is 0 Å². The summed E-state index contributed by atoms with van der Waals surface area (Å²) in [4.78, 5) is 0. The minimum Gasteiger partial charge on any atom is -0.496 e. The van der Waals surface area contributed by atoms with Crippen LogP contribution < -0.4 is 15.4 Å². The number of halogens is 1. The Morgan fingerprint density at radius 3 is 3.16 bits per heavy atom. The second-order valence-corrected chi connectivity index (χ2v) is 4.65. The molecule has 5 heteroatoms. The normalized spacial score (nSPS) is 19.4. The van der Waals surface area contributed by atoms with Crippen LogP contribution >= 0.6 is 0 Å². The van der Waals surface area contributed by atoms with Crippen LogP contribution in [0.15, 0.2) is 18.2 Å². The third-order valence-corrected chi connectivity index (χ3v) is 3.23. The van der Waals surface area contributed by atoms with Gasteiger partial charge in [-0.15, -0.1) is 0 Å². The van der Waals surface area contributed by atoms with E-state index >= 15 is 0 Å². The van der Waals surface area contributed by atoms with Crippen molar-refractivity contribution in [2.75, 3.05) is 33.4 Å². The SMILES string of the molecule is COc1ccc(F)cc1CNCCC1COCCN1. The summed E-state index contributed by atoms with van der Waals surface area (Å²) in [7, 11) is 1.60. The summed E-state index contributed by atoms with van der Waals surface area (Å²) in [5, 5.41) is 6.71. The molecule has 1 saturated heterocycles. The number of hydrogen-bond acceptors (Lipinski definition) is 4. The second-order valence-electron chi connectivity index (χ2n) is 4.65. The van der Waals surface area contributed by atoms with E-state index in [4.69, 9.17) is 9.47 Å². The molecule has 0 spiro atoms. The predicted molar refractivity (Wildman–Crippen MR) is 71.9 cm³/mol. The zero-order valence-electron chi connectivity index (χ0n) is 11.2. The fourth-order valence-electron chi connectivity index (χ4n) is 2.19.